The molecule has 0 saturated carbocycles. The number of hydrogen-bond donors (Lipinski definition) is 2. The first-order valence-electron chi connectivity index (χ1n) is 4.96. The molecule has 0 atom stereocenters. The van der Waals surface area contributed by atoms with Gasteiger partial charge >= 0.3 is 5.03 Å². The molecule has 90 valence electrons. The minimum atomic E-state index is -0.389. The number of halogens is 1. The number of nitrogens with zero attached hydrogens (tertiary/aromatic N) is 1. The summed E-state index contributed by atoms with van der Waals surface area (Å²) in [7, 11) is 0. The Labute approximate surface area is 107 Å². The highest BCUT2D eigenvalue weighted by Gasteiger charge is 2.22. The Bertz CT molecular complexity index is 453. The third-order valence-corrected chi connectivity index (χ3v) is 3.44. The van der Waals surface area contributed by atoms with Crippen LogP contribution in [-0.4, -0.2) is 18.0 Å². The molecule has 0 bridgehead atoms. The summed E-state index contributed by atoms with van der Waals surface area (Å²) in [4.78, 5) is 11.4. The van der Waals surface area contributed by atoms with Crippen LogP contribution in [0, 0.1) is 10.1 Å². The molecule has 1 aliphatic rings. The second-order valence-corrected chi connectivity index (χ2v) is 4.85. The van der Waals surface area contributed by atoms with Gasteiger partial charge in [-0.15, -0.1) is 0 Å². The SMILES string of the molecule is O=[N+]([O-])C(Sc1ccc(Cl)cc1)=C1NCCN1. The first-order chi connectivity index (χ1) is 8.16. The molecule has 1 heterocycles. The van der Waals surface area contributed by atoms with Gasteiger partial charge in [0, 0.05) is 23.0 Å². The van der Waals surface area contributed by atoms with Gasteiger partial charge in [0.15, 0.2) is 5.82 Å². The summed E-state index contributed by atoms with van der Waals surface area (Å²) in [5.74, 6) is 0.481. The van der Waals surface area contributed by atoms with Crippen molar-refractivity contribution >= 4 is 23.4 Å². The third-order valence-electron chi connectivity index (χ3n) is 2.14. The second kappa shape index (κ2) is 5.29. The molecule has 0 radical (unpaired) electrons. The van der Waals surface area contributed by atoms with Crippen LogP contribution in [-0.2, 0) is 0 Å². The van der Waals surface area contributed by atoms with Crippen molar-refractivity contribution in [2.45, 2.75) is 4.90 Å². The molecular weight excluding hydrogens is 262 g/mol. The van der Waals surface area contributed by atoms with Crippen molar-refractivity contribution in [1.29, 1.82) is 0 Å². The summed E-state index contributed by atoms with van der Waals surface area (Å²) in [6.07, 6.45) is 0. The molecule has 0 spiro atoms. The molecule has 2 rings (SSSR count). The highest BCUT2D eigenvalue weighted by atomic mass is 35.5. The zero-order valence-electron chi connectivity index (χ0n) is 8.77. The predicted octanol–water partition coefficient (Wildman–Crippen LogP) is 2.03. The van der Waals surface area contributed by atoms with Crippen molar-refractivity contribution in [2.75, 3.05) is 13.1 Å². The first-order valence-corrected chi connectivity index (χ1v) is 6.16. The predicted molar refractivity (Wildman–Crippen MR) is 67.3 cm³/mol. The van der Waals surface area contributed by atoms with Crippen LogP contribution in [0.5, 0.6) is 0 Å². The maximum atomic E-state index is 11.0. The minimum absolute atomic E-state index is 0.0739. The molecule has 0 unspecified atom stereocenters. The van der Waals surface area contributed by atoms with Crippen LogP contribution in [0.1, 0.15) is 0 Å². The quantitative estimate of drug-likeness (QED) is 0.500. The summed E-state index contributed by atoms with van der Waals surface area (Å²) in [6.45, 7) is 1.40. The molecular formula is C10H10ClN3O2S. The number of nitro groups is 1. The van der Waals surface area contributed by atoms with E-state index < -0.39 is 0 Å². The number of rotatable bonds is 3. The molecule has 0 aliphatic carbocycles. The molecule has 1 fully saturated rings. The number of benzene rings is 1. The molecule has 1 saturated heterocycles. The largest absolute Gasteiger partial charge is 0.364 e. The maximum absolute atomic E-state index is 11.0. The average molecular weight is 272 g/mol. The zero-order valence-corrected chi connectivity index (χ0v) is 10.3. The van der Waals surface area contributed by atoms with Crippen LogP contribution < -0.4 is 10.6 Å². The van der Waals surface area contributed by atoms with Crippen LogP contribution in [0.25, 0.3) is 0 Å². The van der Waals surface area contributed by atoms with Gasteiger partial charge in [0.1, 0.15) is 0 Å². The zero-order chi connectivity index (χ0) is 12.3. The van der Waals surface area contributed by atoms with E-state index in [1.165, 1.54) is 0 Å². The van der Waals surface area contributed by atoms with Crippen molar-refractivity contribution in [3.8, 4) is 0 Å². The van der Waals surface area contributed by atoms with Gasteiger partial charge in [-0.05, 0) is 36.0 Å². The fourth-order valence-electron chi connectivity index (χ4n) is 1.38. The smallest absolute Gasteiger partial charge is 0.347 e. The molecule has 1 aromatic carbocycles. The van der Waals surface area contributed by atoms with Gasteiger partial charge in [0.05, 0.1) is 4.92 Å². The fraction of sp³-hybridized carbons (Fsp3) is 0.200. The van der Waals surface area contributed by atoms with Crippen molar-refractivity contribution < 1.29 is 4.92 Å². The molecule has 0 amide bonds. The van der Waals surface area contributed by atoms with Crippen molar-refractivity contribution in [3.05, 3.63) is 50.3 Å². The van der Waals surface area contributed by atoms with E-state index in [-0.39, 0.29) is 9.95 Å². The van der Waals surface area contributed by atoms with Crippen molar-refractivity contribution in [1.82, 2.24) is 10.6 Å². The van der Waals surface area contributed by atoms with Crippen LogP contribution >= 0.6 is 23.4 Å². The lowest BCUT2D eigenvalue weighted by molar-refractivity contribution is -0.412. The van der Waals surface area contributed by atoms with Gasteiger partial charge in [-0.3, -0.25) is 10.1 Å². The highest BCUT2D eigenvalue weighted by molar-refractivity contribution is 8.02. The van der Waals surface area contributed by atoms with Gasteiger partial charge in [-0.1, -0.05) is 11.6 Å². The van der Waals surface area contributed by atoms with E-state index in [1.54, 1.807) is 24.3 Å². The third kappa shape index (κ3) is 3.04. The molecule has 1 aromatic rings. The van der Waals surface area contributed by atoms with Crippen molar-refractivity contribution in [3.63, 3.8) is 0 Å². The van der Waals surface area contributed by atoms with Crippen LogP contribution in [0.4, 0.5) is 0 Å². The van der Waals surface area contributed by atoms with E-state index in [4.69, 9.17) is 11.6 Å². The number of thioether (sulfide) groups is 1. The minimum Gasteiger partial charge on any atom is -0.364 e. The summed E-state index contributed by atoms with van der Waals surface area (Å²) in [5, 5.41) is 17.6. The monoisotopic (exact) mass is 271 g/mol. The lowest BCUT2D eigenvalue weighted by Gasteiger charge is -2.03. The van der Waals surface area contributed by atoms with Gasteiger partial charge in [0.2, 0.25) is 0 Å². The van der Waals surface area contributed by atoms with E-state index >= 15 is 0 Å². The molecule has 2 N–H and O–H groups in total. The van der Waals surface area contributed by atoms with Gasteiger partial charge in [-0.25, -0.2) is 0 Å². The Morgan fingerprint density at radius 3 is 2.41 bits per heavy atom. The standard InChI is InChI=1S/C10H10ClN3O2S/c11-7-1-3-8(4-2-7)17-10(14(15)16)9-12-5-6-13-9/h1-4,12-13H,5-6H2. The van der Waals surface area contributed by atoms with E-state index in [2.05, 4.69) is 10.6 Å². The molecule has 7 heteroatoms. The van der Waals surface area contributed by atoms with Gasteiger partial charge in [-0.2, -0.15) is 0 Å². The van der Waals surface area contributed by atoms with E-state index in [1.807, 2.05) is 0 Å². The van der Waals surface area contributed by atoms with E-state index in [0.717, 1.165) is 16.7 Å². The average Bonchev–Trinajstić information content (AvgIpc) is 2.81. The Morgan fingerprint density at radius 2 is 1.88 bits per heavy atom. The lowest BCUT2D eigenvalue weighted by atomic mass is 10.4. The summed E-state index contributed by atoms with van der Waals surface area (Å²) >= 11 is 6.86. The Hall–Kier alpha value is -1.40. The maximum Gasteiger partial charge on any atom is 0.347 e. The Kier molecular flexibility index (Phi) is 3.75. The van der Waals surface area contributed by atoms with E-state index in [0.29, 0.717) is 23.9 Å². The number of nitrogens with one attached hydrogen (secondary N) is 2. The topological polar surface area (TPSA) is 67.2 Å². The normalized spacial score (nSPS) is 14.1. The van der Waals surface area contributed by atoms with Crippen LogP contribution in [0.2, 0.25) is 5.02 Å². The lowest BCUT2D eigenvalue weighted by Crippen LogP contribution is -2.16. The molecule has 0 aromatic heterocycles. The Morgan fingerprint density at radius 1 is 1.29 bits per heavy atom. The molecule has 5 nitrogen and oxygen atoms in total. The second-order valence-electron chi connectivity index (χ2n) is 3.35. The van der Waals surface area contributed by atoms with Crippen LogP contribution in [0.15, 0.2) is 40.0 Å². The molecule has 17 heavy (non-hydrogen) atoms. The van der Waals surface area contributed by atoms with Crippen molar-refractivity contribution in [2.24, 2.45) is 0 Å². The van der Waals surface area contributed by atoms with Gasteiger partial charge < -0.3 is 10.6 Å². The van der Waals surface area contributed by atoms with Crippen LogP contribution in [0.3, 0.4) is 0 Å². The summed E-state index contributed by atoms with van der Waals surface area (Å²) < 4.78 is 0. The molecule has 1 aliphatic heterocycles. The summed E-state index contributed by atoms with van der Waals surface area (Å²) in [5.41, 5.74) is 0. The van der Waals surface area contributed by atoms with E-state index in [9.17, 15) is 10.1 Å². The Balaban J connectivity index is 2.21. The highest BCUT2D eigenvalue weighted by Crippen LogP contribution is 2.29. The van der Waals surface area contributed by atoms with Gasteiger partial charge in [0.25, 0.3) is 0 Å². The summed E-state index contributed by atoms with van der Waals surface area (Å²) in [6, 6.07) is 6.93. The fourth-order valence-corrected chi connectivity index (χ4v) is 2.32. The number of hydrogen-bond acceptors (Lipinski definition) is 5. The first kappa shape index (κ1) is 12.1.